The molecule has 0 spiro atoms. The Balaban J connectivity index is 2.66. The van der Waals surface area contributed by atoms with Crippen LogP contribution in [0.25, 0.3) is 0 Å². The zero-order chi connectivity index (χ0) is 11.1. The van der Waals surface area contributed by atoms with Crippen LogP contribution >= 0.6 is 11.8 Å². The lowest BCUT2D eigenvalue weighted by molar-refractivity contribution is 0.218. The zero-order valence-corrected chi connectivity index (χ0v) is 9.71. The Labute approximate surface area is 93.4 Å². The monoisotopic (exact) mass is 229 g/mol. The third-order valence-electron chi connectivity index (χ3n) is 1.62. The van der Waals surface area contributed by atoms with Gasteiger partial charge in [-0.1, -0.05) is 0 Å². The molecule has 5 nitrogen and oxygen atoms in total. The standard InChI is InChI=1S/C9H15N3O2S/c1-3-14-8-7(10)9(12-6-11-8)15-5-4-13-2/h6H,3-5,10H2,1-2H3. The van der Waals surface area contributed by atoms with Crippen molar-refractivity contribution in [3.8, 4) is 5.88 Å². The van der Waals surface area contributed by atoms with E-state index < -0.39 is 0 Å². The highest BCUT2D eigenvalue weighted by atomic mass is 32.2. The summed E-state index contributed by atoms with van der Waals surface area (Å²) in [7, 11) is 1.66. The van der Waals surface area contributed by atoms with E-state index in [1.807, 2.05) is 6.92 Å². The Kier molecular flexibility index (Phi) is 5.20. The SMILES string of the molecule is CCOc1ncnc(SCCOC)c1N. The number of ether oxygens (including phenoxy) is 2. The first-order valence-electron chi connectivity index (χ1n) is 4.64. The first-order chi connectivity index (χ1) is 7.29. The molecule has 0 bridgehead atoms. The van der Waals surface area contributed by atoms with Crippen LogP contribution in [-0.2, 0) is 4.74 Å². The van der Waals surface area contributed by atoms with E-state index in [1.54, 1.807) is 7.11 Å². The van der Waals surface area contributed by atoms with E-state index in [-0.39, 0.29) is 0 Å². The topological polar surface area (TPSA) is 70.3 Å². The molecule has 0 amide bonds. The molecule has 0 aliphatic heterocycles. The van der Waals surface area contributed by atoms with Crippen LogP contribution in [0.5, 0.6) is 5.88 Å². The second-order valence-electron chi connectivity index (χ2n) is 2.67. The summed E-state index contributed by atoms with van der Waals surface area (Å²) in [5.74, 6) is 1.26. The maximum absolute atomic E-state index is 5.84. The number of anilines is 1. The van der Waals surface area contributed by atoms with Crippen molar-refractivity contribution in [1.82, 2.24) is 9.97 Å². The van der Waals surface area contributed by atoms with E-state index in [0.29, 0.717) is 24.8 Å². The molecule has 1 aromatic rings. The Morgan fingerprint density at radius 2 is 2.27 bits per heavy atom. The third kappa shape index (κ3) is 3.56. The number of nitrogens with zero attached hydrogens (tertiary/aromatic N) is 2. The van der Waals surface area contributed by atoms with Gasteiger partial charge in [0, 0.05) is 12.9 Å². The van der Waals surface area contributed by atoms with Crippen LogP contribution < -0.4 is 10.5 Å². The van der Waals surface area contributed by atoms with Gasteiger partial charge in [-0.2, -0.15) is 4.98 Å². The van der Waals surface area contributed by atoms with Crippen molar-refractivity contribution in [2.24, 2.45) is 0 Å². The van der Waals surface area contributed by atoms with Crippen molar-refractivity contribution < 1.29 is 9.47 Å². The molecule has 0 aliphatic rings. The number of methoxy groups -OCH3 is 1. The smallest absolute Gasteiger partial charge is 0.241 e. The summed E-state index contributed by atoms with van der Waals surface area (Å²) in [5, 5.41) is 0.741. The second-order valence-corrected chi connectivity index (χ2v) is 3.76. The van der Waals surface area contributed by atoms with Gasteiger partial charge in [-0.25, -0.2) is 4.98 Å². The molecule has 0 unspecified atom stereocenters. The highest BCUT2D eigenvalue weighted by Gasteiger charge is 2.08. The summed E-state index contributed by atoms with van der Waals surface area (Å²) >= 11 is 1.53. The van der Waals surface area contributed by atoms with E-state index in [0.717, 1.165) is 10.8 Å². The first-order valence-corrected chi connectivity index (χ1v) is 5.63. The van der Waals surface area contributed by atoms with Crippen LogP contribution in [0.1, 0.15) is 6.92 Å². The number of nitrogens with two attached hydrogens (primary N) is 1. The van der Waals surface area contributed by atoms with Crippen molar-refractivity contribution in [3.05, 3.63) is 6.33 Å². The van der Waals surface area contributed by atoms with Gasteiger partial charge in [0.15, 0.2) is 0 Å². The maximum atomic E-state index is 5.84. The molecule has 6 heteroatoms. The van der Waals surface area contributed by atoms with Crippen molar-refractivity contribution in [2.75, 3.05) is 31.8 Å². The van der Waals surface area contributed by atoms with E-state index in [4.69, 9.17) is 15.2 Å². The minimum atomic E-state index is 0.451. The first kappa shape index (κ1) is 12.1. The van der Waals surface area contributed by atoms with Gasteiger partial charge < -0.3 is 15.2 Å². The summed E-state index contributed by atoms with van der Waals surface area (Å²) in [4.78, 5) is 8.04. The van der Waals surface area contributed by atoms with E-state index in [1.165, 1.54) is 18.1 Å². The molecule has 84 valence electrons. The largest absolute Gasteiger partial charge is 0.476 e. The van der Waals surface area contributed by atoms with E-state index in [9.17, 15) is 0 Å². The van der Waals surface area contributed by atoms with Crippen molar-refractivity contribution in [3.63, 3.8) is 0 Å². The van der Waals surface area contributed by atoms with Gasteiger partial charge in [-0.3, -0.25) is 0 Å². The minimum absolute atomic E-state index is 0.451. The normalized spacial score (nSPS) is 10.3. The lowest BCUT2D eigenvalue weighted by Crippen LogP contribution is -2.03. The van der Waals surface area contributed by atoms with Gasteiger partial charge in [0.05, 0.1) is 13.2 Å². The van der Waals surface area contributed by atoms with E-state index in [2.05, 4.69) is 9.97 Å². The number of rotatable bonds is 6. The van der Waals surface area contributed by atoms with Crippen LogP contribution in [-0.4, -0.2) is 36.0 Å². The van der Waals surface area contributed by atoms with Gasteiger partial charge >= 0.3 is 0 Å². The minimum Gasteiger partial charge on any atom is -0.476 e. The van der Waals surface area contributed by atoms with Crippen LogP contribution in [0.15, 0.2) is 11.4 Å². The quantitative estimate of drug-likeness (QED) is 0.449. The fraction of sp³-hybridized carbons (Fsp3) is 0.556. The van der Waals surface area contributed by atoms with Crippen LogP contribution in [0, 0.1) is 0 Å². The average Bonchev–Trinajstić information content (AvgIpc) is 2.24. The molecule has 1 aromatic heterocycles. The Morgan fingerprint density at radius 1 is 1.47 bits per heavy atom. The summed E-state index contributed by atoms with van der Waals surface area (Å²) < 4.78 is 10.2. The molecule has 0 aliphatic carbocycles. The van der Waals surface area contributed by atoms with Gasteiger partial charge in [0.1, 0.15) is 17.0 Å². The van der Waals surface area contributed by atoms with Gasteiger partial charge in [-0.15, -0.1) is 11.8 Å². The lowest BCUT2D eigenvalue weighted by Gasteiger charge is -2.08. The van der Waals surface area contributed by atoms with Crippen molar-refractivity contribution in [1.29, 1.82) is 0 Å². The Hall–Kier alpha value is -1.01. The molecule has 2 N–H and O–H groups in total. The molecular formula is C9H15N3O2S. The van der Waals surface area contributed by atoms with Crippen LogP contribution in [0.4, 0.5) is 5.69 Å². The van der Waals surface area contributed by atoms with Gasteiger partial charge in [-0.05, 0) is 6.92 Å². The number of thioether (sulfide) groups is 1. The highest BCUT2D eigenvalue weighted by molar-refractivity contribution is 7.99. The number of hydrogen-bond donors (Lipinski definition) is 1. The van der Waals surface area contributed by atoms with Crippen LogP contribution in [0.2, 0.25) is 0 Å². The van der Waals surface area contributed by atoms with Gasteiger partial charge in [0.2, 0.25) is 5.88 Å². The molecule has 0 atom stereocenters. The van der Waals surface area contributed by atoms with Crippen LogP contribution in [0.3, 0.4) is 0 Å². The summed E-state index contributed by atoms with van der Waals surface area (Å²) in [6.45, 7) is 3.10. The van der Waals surface area contributed by atoms with Crippen molar-refractivity contribution in [2.45, 2.75) is 11.9 Å². The maximum Gasteiger partial charge on any atom is 0.241 e. The summed E-state index contributed by atoms with van der Waals surface area (Å²) in [5.41, 5.74) is 6.34. The molecular weight excluding hydrogens is 214 g/mol. The third-order valence-corrected chi connectivity index (χ3v) is 2.59. The van der Waals surface area contributed by atoms with Gasteiger partial charge in [0.25, 0.3) is 0 Å². The molecule has 0 radical (unpaired) electrons. The molecule has 0 fully saturated rings. The number of aromatic nitrogens is 2. The fourth-order valence-electron chi connectivity index (χ4n) is 0.953. The van der Waals surface area contributed by atoms with E-state index >= 15 is 0 Å². The van der Waals surface area contributed by atoms with Crippen molar-refractivity contribution >= 4 is 17.4 Å². The second kappa shape index (κ2) is 6.47. The average molecular weight is 229 g/mol. The predicted octanol–water partition coefficient (Wildman–Crippen LogP) is 1.20. The molecule has 0 saturated heterocycles. The fourth-order valence-corrected chi connectivity index (χ4v) is 1.76. The predicted molar refractivity (Wildman–Crippen MR) is 60.2 cm³/mol. The molecule has 0 aromatic carbocycles. The summed E-state index contributed by atoms with van der Waals surface area (Å²) in [6, 6.07) is 0. The zero-order valence-electron chi connectivity index (χ0n) is 8.90. The summed E-state index contributed by atoms with van der Waals surface area (Å²) in [6.07, 6.45) is 1.45. The number of nitrogen functional groups attached to an aromatic ring is 1. The molecule has 15 heavy (non-hydrogen) atoms. The molecule has 0 saturated carbocycles. The molecule has 1 heterocycles. The Morgan fingerprint density at radius 3 is 2.93 bits per heavy atom. The lowest BCUT2D eigenvalue weighted by atomic mass is 10.5. The molecule has 1 rings (SSSR count). The highest BCUT2D eigenvalue weighted by Crippen LogP contribution is 2.28. The Bertz CT molecular complexity index is 309. The number of hydrogen-bond acceptors (Lipinski definition) is 6.